The highest BCUT2D eigenvalue weighted by Crippen LogP contribution is 2.16. The first kappa shape index (κ1) is 13.7. The maximum Gasteiger partial charge on any atom is 0.253 e. The molecule has 1 atom stereocenters. The number of carbonyl (C=O) groups excluding carboxylic acids is 1. The SMILES string of the molecule is CO[C@H](C(=O)NCCC(C)C)c1ccccc1. The van der Waals surface area contributed by atoms with Crippen molar-refractivity contribution in [2.75, 3.05) is 13.7 Å². The van der Waals surface area contributed by atoms with E-state index in [1.165, 1.54) is 0 Å². The Balaban J connectivity index is 2.53. The quantitative estimate of drug-likeness (QED) is 0.823. The van der Waals surface area contributed by atoms with Crippen molar-refractivity contribution < 1.29 is 9.53 Å². The van der Waals surface area contributed by atoms with E-state index in [9.17, 15) is 4.79 Å². The van der Waals surface area contributed by atoms with Crippen molar-refractivity contribution in [3.8, 4) is 0 Å². The first-order chi connectivity index (χ1) is 8.15. The van der Waals surface area contributed by atoms with Gasteiger partial charge in [-0.1, -0.05) is 44.2 Å². The molecule has 0 fully saturated rings. The Morgan fingerprint density at radius 1 is 1.29 bits per heavy atom. The summed E-state index contributed by atoms with van der Waals surface area (Å²) in [6.07, 6.45) is 0.472. The molecule has 0 aliphatic carbocycles. The van der Waals surface area contributed by atoms with E-state index >= 15 is 0 Å². The minimum absolute atomic E-state index is 0.0700. The van der Waals surface area contributed by atoms with Gasteiger partial charge in [-0.25, -0.2) is 0 Å². The lowest BCUT2D eigenvalue weighted by molar-refractivity contribution is -0.131. The predicted molar refractivity (Wildman–Crippen MR) is 68.7 cm³/mol. The average Bonchev–Trinajstić information content (AvgIpc) is 2.31. The Labute approximate surface area is 103 Å². The summed E-state index contributed by atoms with van der Waals surface area (Å²) in [6, 6.07) is 9.53. The Morgan fingerprint density at radius 2 is 1.94 bits per heavy atom. The standard InChI is InChI=1S/C14H21NO2/c1-11(2)9-10-15-14(16)13(17-3)12-7-5-4-6-8-12/h4-8,11,13H,9-10H2,1-3H3,(H,15,16)/t13-/m0/s1. The van der Waals surface area contributed by atoms with Crippen molar-refractivity contribution in [2.45, 2.75) is 26.4 Å². The van der Waals surface area contributed by atoms with Gasteiger partial charge in [0.25, 0.3) is 5.91 Å². The summed E-state index contributed by atoms with van der Waals surface area (Å²) in [5.41, 5.74) is 0.886. The molecular formula is C14H21NO2. The fourth-order valence-corrected chi connectivity index (χ4v) is 1.60. The molecule has 0 saturated heterocycles. The highest BCUT2D eigenvalue weighted by Gasteiger charge is 2.18. The Bertz CT molecular complexity index is 335. The zero-order chi connectivity index (χ0) is 12.7. The van der Waals surface area contributed by atoms with E-state index in [-0.39, 0.29) is 5.91 Å². The monoisotopic (exact) mass is 235 g/mol. The maximum absolute atomic E-state index is 11.9. The molecule has 3 nitrogen and oxygen atoms in total. The van der Waals surface area contributed by atoms with Crippen molar-refractivity contribution in [3.63, 3.8) is 0 Å². The van der Waals surface area contributed by atoms with Crippen molar-refractivity contribution >= 4 is 5.91 Å². The second kappa shape index (κ2) is 7.07. The molecule has 1 aromatic carbocycles. The average molecular weight is 235 g/mol. The Kier molecular flexibility index (Phi) is 5.70. The molecule has 0 saturated carbocycles. The fraction of sp³-hybridized carbons (Fsp3) is 0.500. The van der Waals surface area contributed by atoms with Crippen LogP contribution in [0.4, 0.5) is 0 Å². The summed E-state index contributed by atoms with van der Waals surface area (Å²) >= 11 is 0. The molecule has 0 radical (unpaired) electrons. The number of amides is 1. The summed E-state index contributed by atoms with van der Waals surface area (Å²) in [5, 5.41) is 2.90. The molecule has 3 heteroatoms. The van der Waals surface area contributed by atoms with Gasteiger partial charge in [0.1, 0.15) is 0 Å². The molecule has 0 bridgehead atoms. The van der Waals surface area contributed by atoms with E-state index < -0.39 is 6.10 Å². The van der Waals surface area contributed by atoms with Crippen LogP contribution < -0.4 is 5.32 Å². The largest absolute Gasteiger partial charge is 0.367 e. The highest BCUT2D eigenvalue weighted by molar-refractivity contribution is 5.82. The molecule has 0 aliphatic rings. The van der Waals surface area contributed by atoms with Gasteiger partial charge in [-0.3, -0.25) is 4.79 Å². The van der Waals surface area contributed by atoms with Gasteiger partial charge < -0.3 is 10.1 Å². The number of methoxy groups -OCH3 is 1. The van der Waals surface area contributed by atoms with Crippen LogP contribution in [0.3, 0.4) is 0 Å². The molecule has 1 rings (SSSR count). The van der Waals surface area contributed by atoms with Crippen LogP contribution in [0, 0.1) is 5.92 Å². The molecule has 1 N–H and O–H groups in total. The van der Waals surface area contributed by atoms with Gasteiger partial charge in [0.2, 0.25) is 0 Å². The number of rotatable bonds is 6. The van der Waals surface area contributed by atoms with Gasteiger partial charge in [-0.05, 0) is 17.9 Å². The van der Waals surface area contributed by atoms with Gasteiger partial charge in [0.05, 0.1) is 0 Å². The minimum Gasteiger partial charge on any atom is -0.367 e. The summed E-state index contributed by atoms with van der Waals surface area (Å²) in [5.74, 6) is 0.521. The molecule has 17 heavy (non-hydrogen) atoms. The van der Waals surface area contributed by atoms with Crippen molar-refractivity contribution in [1.82, 2.24) is 5.32 Å². The van der Waals surface area contributed by atoms with Gasteiger partial charge in [-0.2, -0.15) is 0 Å². The second-order valence-electron chi connectivity index (χ2n) is 4.50. The van der Waals surface area contributed by atoms with Crippen molar-refractivity contribution in [2.24, 2.45) is 5.92 Å². The lowest BCUT2D eigenvalue weighted by atomic mass is 10.1. The van der Waals surface area contributed by atoms with Crippen LogP contribution in [0.1, 0.15) is 31.9 Å². The van der Waals surface area contributed by atoms with E-state index in [4.69, 9.17) is 4.74 Å². The summed E-state index contributed by atoms with van der Waals surface area (Å²) < 4.78 is 5.24. The van der Waals surface area contributed by atoms with Gasteiger partial charge in [0, 0.05) is 13.7 Å². The number of carbonyl (C=O) groups is 1. The van der Waals surface area contributed by atoms with Crippen LogP contribution >= 0.6 is 0 Å². The zero-order valence-corrected chi connectivity index (χ0v) is 10.8. The van der Waals surface area contributed by atoms with Crippen molar-refractivity contribution in [1.29, 1.82) is 0 Å². The number of hydrogen-bond acceptors (Lipinski definition) is 2. The zero-order valence-electron chi connectivity index (χ0n) is 10.8. The molecule has 0 aliphatic heterocycles. The number of hydrogen-bond donors (Lipinski definition) is 1. The fourth-order valence-electron chi connectivity index (χ4n) is 1.60. The maximum atomic E-state index is 11.9. The predicted octanol–water partition coefficient (Wildman–Crippen LogP) is 2.54. The van der Waals surface area contributed by atoms with Crippen LogP contribution in [-0.2, 0) is 9.53 Å². The molecule has 1 aromatic rings. The molecular weight excluding hydrogens is 214 g/mol. The third-order valence-corrected chi connectivity index (χ3v) is 2.60. The van der Waals surface area contributed by atoms with E-state index in [1.807, 2.05) is 30.3 Å². The molecule has 0 aromatic heterocycles. The number of nitrogens with one attached hydrogen (secondary N) is 1. The molecule has 0 spiro atoms. The minimum atomic E-state index is -0.511. The molecule has 94 valence electrons. The highest BCUT2D eigenvalue weighted by atomic mass is 16.5. The van der Waals surface area contributed by atoms with E-state index in [2.05, 4.69) is 19.2 Å². The molecule has 0 heterocycles. The topological polar surface area (TPSA) is 38.3 Å². The van der Waals surface area contributed by atoms with Gasteiger partial charge in [-0.15, -0.1) is 0 Å². The molecule has 0 unspecified atom stereocenters. The van der Waals surface area contributed by atoms with E-state index in [0.29, 0.717) is 12.5 Å². The summed E-state index contributed by atoms with van der Waals surface area (Å²) in [6.45, 7) is 4.97. The normalized spacial score (nSPS) is 12.5. The van der Waals surface area contributed by atoms with Crippen LogP contribution in [0.25, 0.3) is 0 Å². The van der Waals surface area contributed by atoms with Crippen LogP contribution in [0.15, 0.2) is 30.3 Å². The van der Waals surface area contributed by atoms with Gasteiger partial charge in [0.15, 0.2) is 6.10 Å². The van der Waals surface area contributed by atoms with Gasteiger partial charge >= 0.3 is 0 Å². The Morgan fingerprint density at radius 3 is 2.47 bits per heavy atom. The first-order valence-electron chi connectivity index (χ1n) is 6.00. The summed E-state index contributed by atoms with van der Waals surface area (Å²) in [4.78, 5) is 11.9. The number of benzene rings is 1. The van der Waals surface area contributed by atoms with E-state index in [1.54, 1.807) is 7.11 Å². The van der Waals surface area contributed by atoms with Crippen LogP contribution in [0.2, 0.25) is 0 Å². The van der Waals surface area contributed by atoms with Crippen LogP contribution in [0.5, 0.6) is 0 Å². The lowest BCUT2D eigenvalue weighted by Crippen LogP contribution is -2.31. The first-order valence-corrected chi connectivity index (χ1v) is 6.00. The molecule has 1 amide bonds. The lowest BCUT2D eigenvalue weighted by Gasteiger charge is -2.16. The van der Waals surface area contributed by atoms with Crippen LogP contribution in [-0.4, -0.2) is 19.6 Å². The van der Waals surface area contributed by atoms with E-state index in [0.717, 1.165) is 12.0 Å². The second-order valence-corrected chi connectivity index (χ2v) is 4.50. The van der Waals surface area contributed by atoms with Crippen molar-refractivity contribution in [3.05, 3.63) is 35.9 Å². The summed E-state index contributed by atoms with van der Waals surface area (Å²) in [7, 11) is 1.56. The number of ether oxygens (including phenoxy) is 1. The smallest absolute Gasteiger partial charge is 0.253 e. The third kappa shape index (κ3) is 4.57. The third-order valence-electron chi connectivity index (χ3n) is 2.60. The Hall–Kier alpha value is -1.35.